The van der Waals surface area contributed by atoms with E-state index in [1.807, 2.05) is 20.8 Å². The Morgan fingerprint density at radius 3 is 2.50 bits per heavy atom. The monoisotopic (exact) mass is 228 g/mol. The number of nitrogens with zero attached hydrogens (tertiary/aromatic N) is 1. The fourth-order valence-corrected chi connectivity index (χ4v) is 2.24. The topological polar surface area (TPSA) is 52.6 Å². The molecule has 16 heavy (non-hydrogen) atoms. The molecule has 1 fully saturated rings. The van der Waals surface area contributed by atoms with Gasteiger partial charge in [-0.2, -0.15) is 0 Å². The van der Waals surface area contributed by atoms with Gasteiger partial charge in [0.2, 0.25) is 0 Å². The molecule has 1 aliphatic rings. The van der Waals surface area contributed by atoms with Crippen molar-refractivity contribution in [2.45, 2.75) is 64.6 Å². The predicted molar refractivity (Wildman–Crippen MR) is 64.7 cm³/mol. The zero-order valence-corrected chi connectivity index (χ0v) is 10.8. The van der Waals surface area contributed by atoms with Crippen LogP contribution in [-0.4, -0.2) is 40.3 Å². The fraction of sp³-hybridized carbons (Fsp3) is 0.917. The molecule has 1 aliphatic heterocycles. The maximum atomic E-state index is 11.2. The zero-order chi connectivity index (χ0) is 12.3. The van der Waals surface area contributed by atoms with E-state index in [4.69, 9.17) is 0 Å². The summed E-state index contributed by atoms with van der Waals surface area (Å²) in [5.41, 5.74) is -0.325. The smallest absolute Gasteiger partial charge is 0.407 e. The van der Waals surface area contributed by atoms with Crippen LogP contribution in [0.25, 0.3) is 0 Å². The maximum Gasteiger partial charge on any atom is 0.407 e. The first-order valence-electron chi connectivity index (χ1n) is 6.07. The first-order chi connectivity index (χ1) is 7.30. The lowest BCUT2D eigenvalue weighted by Gasteiger charge is -2.38. The molecule has 94 valence electrons. The molecule has 0 bridgehead atoms. The van der Waals surface area contributed by atoms with Crippen molar-refractivity contribution in [2.75, 3.05) is 6.54 Å². The Bertz CT molecular complexity index is 248. The lowest BCUT2D eigenvalue weighted by atomic mass is 9.97. The molecule has 1 heterocycles. The average Bonchev–Trinajstić information content (AvgIpc) is 2.12. The Hall–Kier alpha value is -0.770. The normalized spacial score (nSPS) is 26.5. The summed E-state index contributed by atoms with van der Waals surface area (Å²) in [5, 5.41) is 12.7. The van der Waals surface area contributed by atoms with E-state index in [2.05, 4.69) is 12.2 Å². The zero-order valence-electron chi connectivity index (χ0n) is 10.8. The minimum atomic E-state index is -0.826. The van der Waals surface area contributed by atoms with Gasteiger partial charge in [-0.1, -0.05) is 6.42 Å². The standard InChI is InChI=1S/C12H24N2O2/c1-9-6-5-7-10(13-9)8-14(11(15)16)12(2,3)4/h9-10,13H,5-8H2,1-4H3,(H,15,16)/t9-,10-/m0/s1. The molecule has 0 aromatic carbocycles. The van der Waals surface area contributed by atoms with Crippen molar-refractivity contribution in [1.29, 1.82) is 0 Å². The van der Waals surface area contributed by atoms with E-state index in [0.29, 0.717) is 18.6 Å². The van der Waals surface area contributed by atoms with Crippen LogP contribution < -0.4 is 5.32 Å². The van der Waals surface area contributed by atoms with Gasteiger partial charge in [0, 0.05) is 24.2 Å². The quantitative estimate of drug-likeness (QED) is 0.762. The molecule has 0 unspecified atom stereocenters. The van der Waals surface area contributed by atoms with Gasteiger partial charge in [-0.25, -0.2) is 4.79 Å². The number of nitrogens with one attached hydrogen (secondary N) is 1. The second-order valence-electron chi connectivity index (χ2n) is 5.76. The van der Waals surface area contributed by atoms with E-state index >= 15 is 0 Å². The van der Waals surface area contributed by atoms with Crippen molar-refractivity contribution in [3.8, 4) is 0 Å². The molecule has 1 rings (SSSR count). The summed E-state index contributed by atoms with van der Waals surface area (Å²) in [5.74, 6) is 0. The molecule has 0 radical (unpaired) electrons. The van der Waals surface area contributed by atoms with Gasteiger partial charge < -0.3 is 15.3 Å². The van der Waals surface area contributed by atoms with Gasteiger partial charge in [0.1, 0.15) is 0 Å². The van der Waals surface area contributed by atoms with Crippen molar-refractivity contribution in [3.63, 3.8) is 0 Å². The summed E-state index contributed by atoms with van der Waals surface area (Å²) in [6, 6.07) is 0.813. The van der Waals surface area contributed by atoms with E-state index in [-0.39, 0.29) is 5.54 Å². The lowest BCUT2D eigenvalue weighted by Crippen LogP contribution is -2.54. The predicted octanol–water partition coefficient (Wildman–Crippen LogP) is 2.30. The van der Waals surface area contributed by atoms with Crippen LogP contribution in [0, 0.1) is 0 Å². The van der Waals surface area contributed by atoms with Gasteiger partial charge in [0.05, 0.1) is 0 Å². The van der Waals surface area contributed by atoms with Gasteiger partial charge >= 0.3 is 6.09 Å². The Labute approximate surface area is 98.0 Å². The van der Waals surface area contributed by atoms with Crippen LogP contribution >= 0.6 is 0 Å². The molecule has 0 aromatic heterocycles. The summed E-state index contributed by atoms with van der Waals surface area (Å²) in [6.07, 6.45) is 2.63. The van der Waals surface area contributed by atoms with Gasteiger partial charge in [-0.15, -0.1) is 0 Å². The number of carboxylic acid groups (broad SMARTS) is 1. The highest BCUT2D eigenvalue weighted by Crippen LogP contribution is 2.18. The van der Waals surface area contributed by atoms with Crippen LogP contribution in [0.15, 0.2) is 0 Å². The number of hydrogen-bond acceptors (Lipinski definition) is 2. The second-order valence-corrected chi connectivity index (χ2v) is 5.76. The Morgan fingerprint density at radius 2 is 2.06 bits per heavy atom. The number of amides is 1. The average molecular weight is 228 g/mol. The third-order valence-electron chi connectivity index (χ3n) is 3.15. The number of hydrogen-bond donors (Lipinski definition) is 2. The molecule has 2 atom stereocenters. The fourth-order valence-electron chi connectivity index (χ4n) is 2.24. The summed E-state index contributed by atoms with van der Waals surface area (Å²) in [4.78, 5) is 12.7. The van der Waals surface area contributed by atoms with Crippen LogP contribution in [0.4, 0.5) is 4.79 Å². The largest absolute Gasteiger partial charge is 0.465 e. The second kappa shape index (κ2) is 5.04. The maximum absolute atomic E-state index is 11.2. The van der Waals surface area contributed by atoms with Gasteiger partial charge in [-0.3, -0.25) is 0 Å². The van der Waals surface area contributed by atoms with Crippen molar-refractivity contribution < 1.29 is 9.90 Å². The van der Waals surface area contributed by atoms with E-state index in [9.17, 15) is 9.90 Å². The highest BCUT2D eigenvalue weighted by Gasteiger charge is 2.29. The molecule has 4 heteroatoms. The Balaban J connectivity index is 2.58. The highest BCUT2D eigenvalue weighted by atomic mass is 16.4. The van der Waals surface area contributed by atoms with Crippen molar-refractivity contribution >= 4 is 6.09 Å². The third-order valence-corrected chi connectivity index (χ3v) is 3.15. The number of carbonyl (C=O) groups is 1. The Morgan fingerprint density at radius 1 is 1.44 bits per heavy atom. The molecular formula is C12H24N2O2. The van der Waals surface area contributed by atoms with Crippen LogP contribution in [0.3, 0.4) is 0 Å². The molecule has 1 amide bonds. The molecule has 0 aliphatic carbocycles. The Kier molecular flexibility index (Phi) is 4.19. The van der Waals surface area contributed by atoms with Crippen molar-refractivity contribution in [2.24, 2.45) is 0 Å². The van der Waals surface area contributed by atoms with E-state index < -0.39 is 6.09 Å². The minimum absolute atomic E-state index is 0.305. The van der Waals surface area contributed by atoms with E-state index in [1.165, 1.54) is 17.7 Å². The van der Waals surface area contributed by atoms with Crippen LogP contribution in [0.1, 0.15) is 47.0 Å². The molecular weight excluding hydrogens is 204 g/mol. The number of rotatable bonds is 2. The van der Waals surface area contributed by atoms with Gasteiger partial charge in [0.15, 0.2) is 0 Å². The third kappa shape index (κ3) is 3.67. The molecule has 0 aromatic rings. The highest BCUT2D eigenvalue weighted by molar-refractivity contribution is 5.66. The molecule has 1 saturated heterocycles. The van der Waals surface area contributed by atoms with Crippen molar-refractivity contribution in [1.82, 2.24) is 10.2 Å². The van der Waals surface area contributed by atoms with Gasteiger partial charge in [0.25, 0.3) is 0 Å². The molecule has 2 N–H and O–H groups in total. The molecule has 0 saturated carbocycles. The first-order valence-corrected chi connectivity index (χ1v) is 6.07. The van der Waals surface area contributed by atoms with Crippen LogP contribution in [0.5, 0.6) is 0 Å². The molecule has 4 nitrogen and oxygen atoms in total. The summed E-state index contributed by atoms with van der Waals surface area (Å²) in [6.45, 7) is 8.56. The van der Waals surface area contributed by atoms with Crippen molar-refractivity contribution in [3.05, 3.63) is 0 Å². The lowest BCUT2D eigenvalue weighted by molar-refractivity contribution is 0.0879. The number of piperidine rings is 1. The summed E-state index contributed by atoms with van der Waals surface area (Å²) < 4.78 is 0. The van der Waals surface area contributed by atoms with Crippen LogP contribution in [0.2, 0.25) is 0 Å². The molecule has 0 spiro atoms. The van der Waals surface area contributed by atoms with Gasteiger partial charge in [-0.05, 0) is 40.5 Å². The van der Waals surface area contributed by atoms with Crippen LogP contribution in [-0.2, 0) is 0 Å². The minimum Gasteiger partial charge on any atom is -0.465 e. The van der Waals surface area contributed by atoms with E-state index in [0.717, 1.165) is 6.42 Å². The first kappa shape index (κ1) is 13.3. The summed E-state index contributed by atoms with van der Waals surface area (Å²) in [7, 11) is 0. The SMILES string of the molecule is C[C@H]1CCC[C@@H](CN(C(=O)O)C(C)(C)C)N1. The van der Waals surface area contributed by atoms with E-state index in [1.54, 1.807) is 0 Å². The summed E-state index contributed by atoms with van der Waals surface area (Å²) >= 11 is 0.